The van der Waals surface area contributed by atoms with Crippen LogP contribution in [0.15, 0.2) is 69.4 Å². The number of nitrogen functional groups attached to an aromatic ring is 1. The number of carbonyl (C=O) groups excluding carboxylic acids is 1. The van der Waals surface area contributed by atoms with Gasteiger partial charge in [-0.15, -0.1) is 0 Å². The minimum Gasteiger partial charge on any atom is -0.385 e. The normalized spacial score (nSPS) is 12.4. The van der Waals surface area contributed by atoms with Crippen molar-refractivity contribution >= 4 is 39.2 Å². The highest BCUT2D eigenvalue weighted by Crippen LogP contribution is 2.27. The zero-order chi connectivity index (χ0) is 22.8. The Balaban J connectivity index is 1.83. The Hall–Kier alpha value is -3.15. The number of rotatable bonds is 6. The van der Waals surface area contributed by atoms with Gasteiger partial charge in [0.25, 0.3) is 5.56 Å². The summed E-state index contributed by atoms with van der Waals surface area (Å²) in [4.78, 5) is 28.6. The number of aryl methyl sites for hydroxylation is 1. The molecule has 11 heteroatoms. The van der Waals surface area contributed by atoms with E-state index in [2.05, 4.69) is 10.3 Å². The lowest BCUT2D eigenvalue weighted by Gasteiger charge is -2.18. The number of benzene rings is 2. The SMILES string of the molecule is Cc1cccc(-n2c(N)cc(=O)nc2SC(C)C(=O)Nc2ccc(S(N)(=O)=O)cc2)c1. The molecule has 1 aromatic heterocycles. The highest BCUT2D eigenvalue weighted by molar-refractivity contribution is 8.00. The maximum Gasteiger partial charge on any atom is 0.275 e. The van der Waals surface area contributed by atoms with E-state index in [4.69, 9.17) is 10.9 Å². The van der Waals surface area contributed by atoms with Gasteiger partial charge in [0, 0.05) is 17.4 Å². The van der Waals surface area contributed by atoms with Crippen molar-refractivity contribution in [2.24, 2.45) is 5.14 Å². The molecule has 0 aliphatic rings. The molecule has 5 N–H and O–H groups in total. The molecular weight excluding hydrogens is 438 g/mol. The largest absolute Gasteiger partial charge is 0.385 e. The molecule has 1 amide bonds. The quantitative estimate of drug-likeness (QED) is 0.376. The first-order valence-electron chi connectivity index (χ1n) is 9.11. The summed E-state index contributed by atoms with van der Waals surface area (Å²) in [6, 6.07) is 14.2. The second-order valence-corrected chi connectivity index (χ2v) is 9.66. The summed E-state index contributed by atoms with van der Waals surface area (Å²) >= 11 is 1.08. The topological polar surface area (TPSA) is 150 Å². The molecule has 0 aliphatic carbocycles. The standard InChI is InChI=1S/C20H21N5O4S2/c1-12-4-3-5-15(10-12)25-17(21)11-18(26)24-20(25)30-13(2)19(27)23-14-6-8-16(9-7-14)31(22,28)29/h3-11,13H,21H2,1-2H3,(H,23,27)(H2,22,28,29). The summed E-state index contributed by atoms with van der Waals surface area (Å²) in [6.07, 6.45) is 0. The van der Waals surface area contributed by atoms with Crippen LogP contribution in [-0.4, -0.2) is 29.1 Å². The number of hydrogen-bond acceptors (Lipinski definition) is 7. The van der Waals surface area contributed by atoms with Crippen LogP contribution in [0.4, 0.5) is 11.5 Å². The zero-order valence-electron chi connectivity index (χ0n) is 16.8. The Bertz CT molecular complexity index is 1290. The molecule has 162 valence electrons. The van der Waals surface area contributed by atoms with Gasteiger partial charge < -0.3 is 11.1 Å². The fraction of sp³-hybridized carbons (Fsp3) is 0.150. The van der Waals surface area contributed by atoms with E-state index in [1.54, 1.807) is 11.5 Å². The molecule has 0 bridgehead atoms. The molecule has 1 heterocycles. The van der Waals surface area contributed by atoms with E-state index < -0.39 is 20.8 Å². The van der Waals surface area contributed by atoms with Crippen molar-refractivity contribution in [1.29, 1.82) is 0 Å². The average Bonchev–Trinajstić information content (AvgIpc) is 2.67. The molecule has 1 unspecified atom stereocenters. The molecule has 3 aromatic rings. The molecule has 3 rings (SSSR count). The van der Waals surface area contributed by atoms with Gasteiger partial charge in [-0.1, -0.05) is 23.9 Å². The fourth-order valence-electron chi connectivity index (χ4n) is 2.77. The molecule has 9 nitrogen and oxygen atoms in total. The Morgan fingerprint density at radius 2 is 1.84 bits per heavy atom. The van der Waals surface area contributed by atoms with Gasteiger partial charge in [-0.05, 0) is 55.8 Å². The van der Waals surface area contributed by atoms with Crippen LogP contribution in [-0.2, 0) is 14.8 Å². The van der Waals surface area contributed by atoms with Gasteiger partial charge in [0.2, 0.25) is 15.9 Å². The van der Waals surface area contributed by atoms with Crippen molar-refractivity contribution < 1.29 is 13.2 Å². The van der Waals surface area contributed by atoms with Gasteiger partial charge in [0.05, 0.1) is 10.1 Å². The summed E-state index contributed by atoms with van der Waals surface area (Å²) in [5.74, 6) is -0.153. The Kier molecular flexibility index (Phi) is 6.48. The number of thioether (sulfide) groups is 1. The molecular formula is C20H21N5O4S2. The highest BCUT2D eigenvalue weighted by atomic mass is 32.2. The average molecular weight is 460 g/mol. The summed E-state index contributed by atoms with van der Waals surface area (Å²) < 4.78 is 24.3. The van der Waals surface area contributed by atoms with E-state index in [0.29, 0.717) is 5.69 Å². The molecule has 0 saturated heterocycles. The predicted octanol–water partition coefficient (Wildman–Crippen LogP) is 1.89. The number of amides is 1. The lowest BCUT2D eigenvalue weighted by Crippen LogP contribution is -2.24. The summed E-state index contributed by atoms with van der Waals surface area (Å²) in [5, 5.41) is 7.41. The number of sulfonamides is 1. The monoisotopic (exact) mass is 459 g/mol. The van der Waals surface area contributed by atoms with E-state index in [0.717, 1.165) is 23.0 Å². The van der Waals surface area contributed by atoms with E-state index in [-0.39, 0.29) is 21.8 Å². The van der Waals surface area contributed by atoms with Crippen molar-refractivity contribution in [3.63, 3.8) is 0 Å². The number of primary sulfonamides is 1. The van der Waals surface area contributed by atoms with Crippen LogP contribution in [0, 0.1) is 6.92 Å². The van der Waals surface area contributed by atoms with Gasteiger partial charge in [0.15, 0.2) is 5.16 Å². The fourth-order valence-corrected chi connectivity index (χ4v) is 4.22. The van der Waals surface area contributed by atoms with Crippen LogP contribution in [0.1, 0.15) is 12.5 Å². The van der Waals surface area contributed by atoms with Crippen LogP contribution in [0.5, 0.6) is 0 Å². The van der Waals surface area contributed by atoms with E-state index >= 15 is 0 Å². The van der Waals surface area contributed by atoms with Gasteiger partial charge in [-0.25, -0.2) is 13.6 Å². The second kappa shape index (κ2) is 8.92. The van der Waals surface area contributed by atoms with Crippen LogP contribution in [0.25, 0.3) is 5.69 Å². The van der Waals surface area contributed by atoms with Crippen LogP contribution >= 0.6 is 11.8 Å². The number of aromatic nitrogens is 2. The number of nitrogens with two attached hydrogens (primary N) is 2. The highest BCUT2D eigenvalue weighted by Gasteiger charge is 2.20. The van der Waals surface area contributed by atoms with E-state index in [1.807, 2.05) is 31.2 Å². The van der Waals surface area contributed by atoms with Crippen molar-refractivity contribution in [2.45, 2.75) is 29.1 Å². The third kappa shape index (κ3) is 5.51. The number of hydrogen-bond donors (Lipinski definition) is 3. The number of carbonyl (C=O) groups is 1. The van der Waals surface area contributed by atoms with Crippen molar-refractivity contribution in [3.8, 4) is 5.69 Å². The molecule has 0 fully saturated rings. The molecule has 0 aliphatic heterocycles. The van der Waals surface area contributed by atoms with Crippen molar-refractivity contribution in [3.05, 3.63) is 70.5 Å². The maximum atomic E-state index is 12.6. The van der Waals surface area contributed by atoms with Crippen molar-refractivity contribution in [1.82, 2.24) is 9.55 Å². The number of nitrogens with zero attached hydrogens (tertiary/aromatic N) is 2. The summed E-state index contributed by atoms with van der Waals surface area (Å²) in [7, 11) is -3.82. The molecule has 1 atom stereocenters. The van der Waals surface area contributed by atoms with E-state index in [1.165, 1.54) is 30.3 Å². The van der Waals surface area contributed by atoms with E-state index in [9.17, 15) is 18.0 Å². The Morgan fingerprint density at radius 3 is 2.45 bits per heavy atom. The van der Waals surface area contributed by atoms with Crippen LogP contribution in [0.2, 0.25) is 0 Å². The predicted molar refractivity (Wildman–Crippen MR) is 121 cm³/mol. The smallest absolute Gasteiger partial charge is 0.275 e. The van der Waals surface area contributed by atoms with Crippen LogP contribution in [0.3, 0.4) is 0 Å². The lowest BCUT2D eigenvalue weighted by atomic mass is 10.2. The Morgan fingerprint density at radius 1 is 1.16 bits per heavy atom. The first-order valence-corrected chi connectivity index (χ1v) is 11.5. The number of nitrogens with one attached hydrogen (secondary N) is 1. The molecule has 0 spiro atoms. The number of anilines is 2. The molecule has 0 radical (unpaired) electrons. The molecule has 0 saturated carbocycles. The van der Waals surface area contributed by atoms with Gasteiger partial charge in [-0.3, -0.25) is 14.2 Å². The first kappa shape index (κ1) is 22.5. The third-order valence-corrected chi connectivity index (χ3v) is 6.27. The lowest BCUT2D eigenvalue weighted by molar-refractivity contribution is -0.115. The third-order valence-electron chi connectivity index (χ3n) is 4.29. The van der Waals surface area contributed by atoms with Crippen molar-refractivity contribution in [2.75, 3.05) is 11.1 Å². The minimum atomic E-state index is -3.82. The van der Waals surface area contributed by atoms with Crippen LogP contribution < -0.4 is 21.7 Å². The van der Waals surface area contributed by atoms with Gasteiger partial charge in [-0.2, -0.15) is 4.98 Å². The Labute approximate surface area is 183 Å². The molecule has 2 aromatic carbocycles. The maximum absolute atomic E-state index is 12.6. The zero-order valence-corrected chi connectivity index (χ0v) is 18.4. The molecule has 31 heavy (non-hydrogen) atoms. The minimum absolute atomic E-state index is 0.0564. The van der Waals surface area contributed by atoms with Gasteiger partial charge in [0.1, 0.15) is 5.82 Å². The first-order chi connectivity index (χ1) is 14.5. The summed E-state index contributed by atoms with van der Waals surface area (Å²) in [5.41, 5.74) is 7.70. The second-order valence-electron chi connectivity index (χ2n) is 6.79. The van der Waals surface area contributed by atoms with Gasteiger partial charge >= 0.3 is 0 Å². The summed E-state index contributed by atoms with van der Waals surface area (Å²) in [6.45, 7) is 3.59.